The van der Waals surface area contributed by atoms with Crippen LogP contribution in [-0.4, -0.2) is 24.0 Å². The molecule has 8 heteroatoms. The Morgan fingerprint density at radius 1 is 1.39 bits per heavy atom. The maximum Gasteiger partial charge on any atom is 0.340 e. The van der Waals surface area contributed by atoms with Crippen LogP contribution >= 0.6 is 11.6 Å². The van der Waals surface area contributed by atoms with Gasteiger partial charge in [0.25, 0.3) is 5.91 Å². The molecule has 23 heavy (non-hydrogen) atoms. The Hall–Kier alpha value is -2.20. The first-order valence-electron chi connectivity index (χ1n) is 6.64. The second-order valence-electron chi connectivity index (χ2n) is 5.34. The molecule has 0 aliphatic carbocycles. The van der Waals surface area contributed by atoms with Gasteiger partial charge in [0.15, 0.2) is 18.2 Å². The third-order valence-corrected chi connectivity index (χ3v) is 3.66. The molecule has 1 amide bonds. The number of nitrogens with one attached hydrogen (secondary N) is 1. The van der Waals surface area contributed by atoms with Crippen molar-refractivity contribution in [2.75, 3.05) is 6.61 Å². The van der Waals surface area contributed by atoms with Gasteiger partial charge in [-0.2, -0.15) is 5.26 Å². The van der Waals surface area contributed by atoms with E-state index in [0.717, 1.165) is 0 Å². The van der Waals surface area contributed by atoms with Crippen LogP contribution in [-0.2, 0) is 9.53 Å². The number of ether oxygens (including phenoxy) is 1. The minimum atomic E-state index is -1.26. The van der Waals surface area contributed by atoms with E-state index in [4.69, 9.17) is 21.6 Å². The zero-order chi connectivity index (χ0) is 17.8. The van der Waals surface area contributed by atoms with E-state index in [1.165, 1.54) is 6.92 Å². The van der Waals surface area contributed by atoms with Crippen LogP contribution in [0, 0.1) is 28.9 Å². The summed E-state index contributed by atoms with van der Waals surface area (Å²) in [5.74, 6) is -4.41. The molecule has 0 heterocycles. The van der Waals surface area contributed by atoms with Gasteiger partial charge in [-0.25, -0.2) is 13.6 Å². The monoisotopic (exact) mass is 344 g/mol. The van der Waals surface area contributed by atoms with Crippen molar-refractivity contribution in [1.82, 2.24) is 5.32 Å². The lowest BCUT2D eigenvalue weighted by Gasteiger charge is -2.27. The number of benzene rings is 1. The molecule has 1 aromatic carbocycles. The number of nitriles is 1. The minimum absolute atomic E-state index is 0.173. The lowest BCUT2D eigenvalue weighted by Crippen LogP contribution is -2.50. The number of halogens is 3. The Kier molecular flexibility index (Phi) is 6.05. The quantitative estimate of drug-likeness (QED) is 0.658. The highest BCUT2D eigenvalue weighted by Crippen LogP contribution is 2.21. The Morgan fingerprint density at radius 3 is 2.48 bits per heavy atom. The van der Waals surface area contributed by atoms with Crippen molar-refractivity contribution in [1.29, 1.82) is 5.26 Å². The summed E-state index contributed by atoms with van der Waals surface area (Å²) in [6.45, 7) is 4.34. The number of hydrogen-bond donors (Lipinski definition) is 1. The van der Waals surface area contributed by atoms with Gasteiger partial charge >= 0.3 is 5.97 Å². The summed E-state index contributed by atoms with van der Waals surface area (Å²) in [6.07, 6.45) is 0. The number of nitrogens with zero attached hydrogens (tertiary/aromatic N) is 1. The molecular formula is C15H15ClF2N2O3. The summed E-state index contributed by atoms with van der Waals surface area (Å²) in [6, 6.07) is 3.19. The van der Waals surface area contributed by atoms with Crippen LogP contribution in [0.25, 0.3) is 0 Å². The molecule has 1 atom stereocenters. The molecule has 5 nitrogen and oxygen atoms in total. The van der Waals surface area contributed by atoms with Gasteiger partial charge in [0.2, 0.25) is 0 Å². The summed E-state index contributed by atoms with van der Waals surface area (Å²) in [4.78, 5) is 23.5. The third kappa shape index (κ3) is 4.63. The molecule has 0 aromatic heterocycles. The Morgan fingerprint density at radius 2 is 1.96 bits per heavy atom. The van der Waals surface area contributed by atoms with Gasteiger partial charge in [-0.1, -0.05) is 25.4 Å². The van der Waals surface area contributed by atoms with Gasteiger partial charge in [-0.3, -0.25) is 4.79 Å². The van der Waals surface area contributed by atoms with Gasteiger partial charge in [-0.05, 0) is 25.0 Å². The van der Waals surface area contributed by atoms with Crippen LogP contribution in [0.4, 0.5) is 8.78 Å². The largest absolute Gasteiger partial charge is 0.452 e. The van der Waals surface area contributed by atoms with Crippen LogP contribution < -0.4 is 5.32 Å². The molecule has 0 aliphatic rings. The van der Waals surface area contributed by atoms with Gasteiger partial charge in [0.1, 0.15) is 5.54 Å². The summed E-state index contributed by atoms with van der Waals surface area (Å²) < 4.78 is 30.8. The third-order valence-electron chi connectivity index (χ3n) is 3.35. The highest BCUT2D eigenvalue weighted by atomic mass is 35.5. The summed E-state index contributed by atoms with van der Waals surface area (Å²) >= 11 is 5.63. The van der Waals surface area contributed by atoms with E-state index < -0.39 is 41.2 Å². The van der Waals surface area contributed by atoms with Crippen molar-refractivity contribution < 1.29 is 23.1 Å². The highest BCUT2D eigenvalue weighted by molar-refractivity contribution is 6.33. The van der Waals surface area contributed by atoms with Gasteiger partial charge in [-0.15, -0.1) is 0 Å². The number of hydrogen-bond acceptors (Lipinski definition) is 4. The van der Waals surface area contributed by atoms with E-state index in [9.17, 15) is 18.4 Å². The minimum Gasteiger partial charge on any atom is -0.452 e. The maximum absolute atomic E-state index is 13.1. The first kappa shape index (κ1) is 18.8. The molecule has 1 aromatic rings. The molecular weight excluding hydrogens is 330 g/mol. The van der Waals surface area contributed by atoms with Crippen molar-refractivity contribution in [3.05, 3.63) is 34.4 Å². The first-order chi connectivity index (χ1) is 10.6. The highest BCUT2D eigenvalue weighted by Gasteiger charge is 2.30. The van der Waals surface area contributed by atoms with E-state index in [2.05, 4.69) is 5.32 Å². The topological polar surface area (TPSA) is 79.2 Å². The van der Waals surface area contributed by atoms with Gasteiger partial charge < -0.3 is 10.1 Å². The fourth-order valence-corrected chi connectivity index (χ4v) is 1.74. The lowest BCUT2D eigenvalue weighted by molar-refractivity contribution is -0.125. The van der Waals surface area contributed by atoms with Crippen molar-refractivity contribution in [3.8, 4) is 6.07 Å². The Balaban J connectivity index is 2.72. The van der Waals surface area contributed by atoms with Crippen LogP contribution in [0.15, 0.2) is 12.1 Å². The lowest BCUT2D eigenvalue weighted by atomic mass is 9.90. The zero-order valence-corrected chi connectivity index (χ0v) is 13.5. The molecule has 1 rings (SSSR count). The van der Waals surface area contributed by atoms with Crippen LogP contribution in [0.2, 0.25) is 5.02 Å². The summed E-state index contributed by atoms with van der Waals surface area (Å²) in [5.41, 5.74) is -1.52. The van der Waals surface area contributed by atoms with E-state index in [-0.39, 0.29) is 10.9 Å². The van der Waals surface area contributed by atoms with Crippen LogP contribution in [0.5, 0.6) is 0 Å². The number of rotatable bonds is 5. The molecule has 0 aliphatic heterocycles. The van der Waals surface area contributed by atoms with Crippen molar-refractivity contribution in [2.45, 2.75) is 26.3 Å². The Bertz CT molecular complexity index is 673. The first-order valence-corrected chi connectivity index (χ1v) is 7.02. The average Bonchev–Trinajstić information content (AvgIpc) is 2.48. The van der Waals surface area contributed by atoms with Crippen LogP contribution in [0.1, 0.15) is 31.1 Å². The number of amides is 1. The molecule has 124 valence electrons. The molecule has 0 spiro atoms. The maximum atomic E-state index is 13.1. The normalized spacial score (nSPS) is 13.1. The summed E-state index contributed by atoms with van der Waals surface area (Å²) in [5, 5.41) is 11.2. The average molecular weight is 345 g/mol. The van der Waals surface area contributed by atoms with E-state index in [1.54, 1.807) is 13.8 Å². The standard InChI is InChI=1S/C15H15ClF2N2O3/c1-8(2)15(3,7-19)20-13(21)6-23-14(22)9-4-11(17)12(18)5-10(9)16/h4-5,8H,6H2,1-3H3,(H,20,21)/t15-/m0/s1. The fourth-order valence-electron chi connectivity index (χ4n) is 1.51. The molecule has 0 fully saturated rings. The van der Waals surface area contributed by atoms with E-state index in [1.807, 2.05) is 6.07 Å². The van der Waals surface area contributed by atoms with Crippen molar-refractivity contribution >= 4 is 23.5 Å². The Labute approximate surface area is 137 Å². The smallest absolute Gasteiger partial charge is 0.340 e. The predicted molar refractivity (Wildman–Crippen MR) is 78.6 cm³/mol. The number of carbonyl (C=O) groups is 2. The molecule has 0 unspecified atom stereocenters. The fraction of sp³-hybridized carbons (Fsp3) is 0.400. The van der Waals surface area contributed by atoms with Gasteiger partial charge in [0, 0.05) is 0 Å². The zero-order valence-electron chi connectivity index (χ0n) is 12.7. The summed E-state index contributed by atoms with van der Waals surface area (Å²) in [7, 11) is 0. The molecule has 0 saturated carbocycles. The number of carbonyl (C=O) groups excluding carboxylic acids is 2. The molecule has 0 saturated heterocycles. The molecule has 0 bridgehead atoms. The molecule has 1 N–H and O–H groups in total. The second-order valence-corrected chi connectivity index (χ2v) is 5.75. The predicted octanol–water partition coefficient (Wildman–Crippen LogP) is 2.83. The van der Waals surface area contributed by atoms with E-state index in [0.29, 0.717) is 12.1 Å². The van der Waals surface area contributed by atoms with E-state index >= 15 is 0 Å². The second kappa shape index (κ2) is 7.38. The van der Waals surface area contributed by atoms with Crippen molar-refractivity contribution in [3.63, 3.8) is 0 Å². The van der Waals surface area contributed by atoms with Gasteiger partial charge in [0.05, 0.1) is 16.7 Å². The van der Waals surface area contributed by atoms with Crippen LogP contribution in [0.3, 0.4) is 0 Å². The van der Waals surface area contributed by atoms with Crippen molar-refractivity contribution in [2.24, 2.45) is 5.92 Å². The molecule has 0 radical (unpaired) electrons. The SMILES string of the molecule is CC(C)[C@](C)(C#N)NC(=O)COC(=O)c1cc(F)c(F)cc1Cl. The number of esters is 1.